The fourth-order valence-corrected chi connectivity index (χ4v) is 8.44. The first-order valence-electron chi connectivity index (χ1n) is 9.57. The van der Waals surface area contributed by atoms with Crippen molar-refractivity contribution in [2.45, 2.75) is 44.6 Å². The molecule has 0 saturated heterocycles. The Kier molecular flexibility index (Phi) is 6.32. The molecule has 2 aromatic carbocycles. The Morgan fingerprint density at radius 3 is 2.00 bits per heavy atom. The van der Waals surface area contributed by atoms with Crippen LogP contribution in [0.5, 0.6) is 0 Å². The van der Waals surface area contributed by atoms with Crippen molar-refractivity contribution >= 4 is 18.7 Å². The second-order valence-corrected chi connectivity index (χ2v) is 12.3. The molecule has 0 fully saturated rings. The fourth-order valence-electron chi connectivity index (χ4n) is 3.85. The van der Waals surface area contributed by atoms with Crippen molar-refractivity contribution in [1.82, 2.24) is 0 Å². The normalized spacial score (nSPS) is 20.6. The average molecular weight is 383 g/mol. The zero-order chi connectivity index (χ0) is 19.3. The van der Waals surface area contributed by atoms with Crippen molar-refractivity contribution in [3.8, 4) is 0 Å². The quantitative estimate of drug-likeness (QED) is 0.560. The molecule has 27 heavy (non-hydrogen) atoms. The average Bonchev–Trinajstić information content (AvgIpc) is 2.69. The van der Waals surface area contributed by atoms with Gasteiger partial charge in [-0.05, 0) is 27.9 Å². The highest BCUT2D eigenvalue weighted by Gasteiger charge is 2.50. The molecule has 2 aromatic rings. The molecule has 0 N–H and O–H groups in total. The van der Waals surface area contributed by atoms with Crippen molar-refractivity contribution in [2.24, 2.45) is 0 Å². The Morgan fingerprint density at radius 2 is 1.52 bits per heavy atom. The first kappa shape index (κ1) is 20.0. The van der Waals surface area contributed by atoms with Crippen LogP contribution in [0.25, 0.3) is 0 Å². The molecule has 2 atom stereocenters. The van der Waals surface area contributed by atoms with Crippen LogP contribution in [-0.2, 0) is 13.9 Å². The standard InChI is InChI=1S/C23H30O3Si/c1-23(2,3)27(20-13-7-5-8-14-20,21-15-9-6-10-16-21)25-18-19-12-11-17-22(24-4)26-19/h5-11,13-17,19,22H,12,18H2,1-4H3/t19-,22+/m0/s1. The Labute approximate surface area is 164 Å². The van der Waals surface area contributed by atoms with E-state index in [0.29, 0.717) is 6.61 Å². The molecule has 0 spiro atoms. The lowest BCUT2D eigenvalue weighted by molar-refractivity contribution is -0.140. The zero-order valence-corrected chi connectivity index (χ0v) is 17.7. The summed E-state index contributed by atoms with van der Waals surface area (Å²) in [6, 6.07) is 21.4. The maximum atomic E-state index is 6.92. The zero-order valence-electron chi connectivity index (χ0n) is 16.7. The highest BCUT2D eigenvalue weighted by molar-refractivity contribution is 6.99. The molecule has 3 nitrogen and oxygen atoms in total. The van der Waals surface area contributed by atoms with Gasteiger partial charge in [-0.25, -0.2) is 0 Å². The predicted octanol–water partition coefficient (Wildman–Crippen LogP) is 3.88. The number of benzene rings is 2. The molecule has 144 valence electrons. The van der Waals surface area contributed by atoms with Crippen LogP contribution in [0.4, 0.5) is 0 Å². The molecule has 1 aliphatic heterocycles. The molecular formula is C23H30O3Si. The van der Waals surface area contributed by atoms with Crippen LogP contribution in [0.1, 0.15) is 27.2 Å². The lowest BCUT2D eigenvalue weighted by atomic mass is 10.2. The molecule has 4 heteroatoms. The molecule has 0 aliphatic carbocycles. The van der Waals surface area contributed by atoms with Gasteiger partial charge in [-0.15, -0.1) is 0 Å². The van der Waals surface area contributed by atoms with Gasteiger partial charge in [-0.3, -0.25) is 0 Å². The largest absolute Gasteiger partial charge is 0.405 e. The van der Waals surface area contributed by atoms with Crippen LogP contribution in [0.3, 0.4) is 0 Å². The van der Waals surface area contributed by atoms with Gasteiger partial charge in [0.1, 0.15) is 0 Å². The lowest BCUT2D eigenvalue weighted by Crippen LogP contribution is -2.67. The Morgan fingerprint density at radius 1 is 0.963 bits per heavy atom. The summed E-state index contributed by atoms with van der Waals surface area (Å²) in [7, 11) is -0.843. The topological polar surface area (TPSA) is 27.7 Å². The highest BCUT2D eigenvalue weighted by atomic mass is 28.4. The monoisotopic (exact) mass is 382 g/mol. The van der Waals surface area contributed by atoms with Gasteiger partial charge in [-0.1, -0.05) is 87.5 Å². The summed E-state index contributed by atoms with van der Waals surface area (Å²) >= 11 is 0. The number of hydrogen-bond acceptors (Lipinski definition) is 3. The maximum Gasteiger partial charge on any atom is 0.261 e. The summed E-state index contributed by atoms with van der Waals surface area (Å²) in [5.74, 6) is 0. The second-order valence-electron chi connectivity index (χ2n) is 8.00. The minimum atomic E-state index is -2.51. The molecule has 0 bridgehead atoms. The van der Waals surface area contributed by atoms with Gasteiger partial charge >= 0.3 is 0 Å². The predicted molar refractivity (Wildman–Crippen MR) is 113 cm³/mol. The molecule has 1 aliphatic rings. The van der Waals surface area contributed by atoms with Gasteiger partial charge in [-0.2, -0.15) is 0 Å². The SMILES string of the molecule is CO[C@H]1C=CC[C@@H](CO[Si](c2ccccc2)(c2ccccc2)C(C)(C)C)O1. The number of hydrogen-bond donors (Lipinski definition) is 0. The third-order valence-electron chi connectivity index (χ3n) is 5.15. The Balaban J connectivity index is 1.98. The van der Waals surface area contributed by atoms with Crippen LogP contribution in [0.15, 0.2) is 72.8 Å². The van der Waals surface area contributed by atoms with Gasteiger partial charge < -0.3 is 13.9 Å². The van der Waals surface area contributed by atoms with E-state index in [2.05, 4.69) is 87.5 Å². The van der Waals surface area contributed by atoms with Gasteiger partial charge in [0.05, 0.1) is 12.7 Å². The van der Waals surface area contributed by atoms with E-state index < -0.39 is 8.32 Å². The van der Waals surface area contributed by atoms with E-state index >= 15 is 0 Å². The number of rotatable bonds is 6. The van der Waals surface area contributed by atoms with Gasteiger partial charge in [0.25, 0.3) is 8.32 Å². The summed E-state index contributed by atoms with van der Waals surface area (Å²) in [6.07, 6.45) is 4.64. The minimum absolute atomic E-state index is 0.00148. The van der Waals surface area contributed by atoms with E-state index in [0.717, 1.165) is 6.42 Å². The molecule has 0 unspecified atom stereocenters. The molecular weight excluding hydrogens is 352 g/mol. The summed E-state index contributed by atoms with van der Waals surface area (Å²) in [5, 5.41) is 2.55. The molecule has 0 amide bonds. The van der Waals surface area contributed by atoms with Crippen molar-refractivity contribution in [3.63, 3.8) is 0 Å². The number of ether oxygens (including phenoxy) is 2. The van der Waals surface area contributed by atoms with Crippen LogP contribution >= 0.6 is 0 Å². The van der Waals surface area contributed by atoms with Crippen molar-refractivity contribution in [3.05, 3.63) is 72.8 Å². The summed E-state index contributed by atoms with van der Waals surface area (Å²) < 4.78 is 18.3. The third kappa shape index (κ3) is 4.24. The lowest BCUT2D eigenvalue weighted by Gasteiger charge is -2.44. The first-order chi connectivity index (χ1) is 13.0. The maximum absolute atomic E-state index is 6.92. The van der Waals surface area contributed by atoms with E-state index in [9.17, 15) is 0 Å². The van der Waals surface area contributed by atoms with Crippen molar-refractivity contribution in [2.75, 3.05) is 13.7 Å². The molecule has 0 saturated carbocycles. The van der Waals surface area contributed by atoms with Crippen LogP contribution in [0.2, 0.25) is 5.04 Å². The highest BCUT2D eigenvalue weighted by Crippen LogP contribution is 2.37. The molecule has 0 aromatic heterocycles. The number of methoxy groups -OCH3 is 1. The first-order valence-corrected chi connectivity index (χ1v) is 11.5. The van der Waals surface area contributed by atoms with E-state index in [1.165, 1.54) is 10.4 Å². The third-order valence-corrected chi connectivity index (χ3v) is 10.2. The van der Waals surface area contributed by atoms with E-state index in [4.69, 9.17) is 13.9 Å². The van der Waals surface area contributed by atoms with E-state index in [-0.39, 0.29) is 17.4 Å². The minimum Gasteiger partial charge on any atom is -0.405 e. The molecule has 0 radical (unpaired) electrons. The Hall–Kier alpha value is -1.72. The van der Waals surface area contributed by atoms with E-state index in [1.807, 2.05) is 6.08 Å². The summed E-state index contributed by atoms with van der Waals surface area (Å²) in [6.45, 7) is 7.42. The second kappa shape index (κ2) is 8.53. The summed E-state index contributed by atoms with van der Waals surface area (Å²) in [5.41, 5.74) is 0. The van der Waals surface area contributed by atoms with Gasteiger partial charge in [0.15, 0.2) is 6.29 Å². The van der Waals surface area contributed by atoms with Crippen molar-refractivity contribution < 1.29 is 13.9 Å². The summed E-state index contributed by atoms with van der Waals surface area (Å²) in [4.78, 5) is 0. The smallest absolute Gasteiger partial charge is 0.261 e. The van der Waals surface area contributed by atoms with Crippen molar-refractivity contribution in [1.29, 1.82) is 0 Å². The molecule has 1 heterocycles. The van der Waals surface area contributed by atoms with Crippen LogP contribution in [-0.4, -0.2) is 34.4 Å². The van der Waals surface area contributed by atoms with Gasteiger partial charge in [0, 0.05) is 7.11 Å². The van der Waals surface area contributed by atoms with Crippen LogP contribution < -0.4 is 10.4 Å². The Bertz CT molecular complexity index is 698. The van der Waals surface area contributed by atoms with Gasteiger partial charge in [0.2, 0.25) is 0 Å². The fraction of sp³-hybridized carbons (Fsp3) is 0.391. The molecule has 3 rings (SSSR count). The van der Waals surface area contributed by atoms with E-state index in [1.54, 1.807) is 7.11 Å². The van der Waals surface area contributed by atoms with Crippen LogP contribution in [0, 0.1) is 0 Å².